The molecule has 0 amide bonds. The maximum Gasteiger partial charge on any atom is 0.215 e. The topological polar surface area (TPSA) is 49.4 Å². The second kappa shape index (κ2) is 8.45. The van der Waals surface area contributed by atoms with E-state index in [0.717, 1.165) is 24.2 Å². The van der Waals surface area contributed by atoms with E-state index in [-0.39, 0.29) is 11.8 Å². The maximum absolute atomic E-state index is 12.5. The number of nitrogens with zero attached hydrogens (tertiary/aromatic N) is 1. The lowest BCUT2D eigenvalue weighted by molar-refractivity contribution is 0.165. The first-order valence-electron chi connectivity index (χ1n) is 8.82. The molecule has 1 unspecified atom stereocenters. The van der Waals surface area contributed by atoms with Gasteiger partial charge in [-0.25, -0.2) is 13.1 Å². The van der Waals surface area contributed by atoms with Gasteiger partial charge in [0.2, 0.25) is 10.0 Å². The summed E-state index contributed by atoms with van der Waals surface area (Å²) >= 11 is 1.67. The van der Waals surface area contributed by atoms with Crippen LogP contribution in [0.5, 0.6) is 0 Å². The predicted octanol–water partition coefficient (Wildman–Crippen LogP) is 3.70. The van der Waals surface area contributed by atoms with E-state index in [4.69, 9.17) is 0 Å². The molecule has 0 saturated carbocycles. The fraction of sp³-hybridized carbons (Fsp3) is 0.474. The van der Waals surface area contributed by atoms with Gasteiger partial charge < -0.3 is 0 Å². The SMILES string of the molecule is Cc1ccc(CS(=O)(=O)NCC(c2ccsc2)N2CCCCC2)cc1. The van der Waals surface area contributed by atoms with Gasteiger partial charge >= 0.3 is 0 Å². The molecule has 1 atom stereocenters. The highest BCUT2D eigenvalue weighted by molar-refractivity contribution is 7.88. The molecule has 2 heterocycles. The van der Waals surface area contributed by atoms with Crippen molar-refractivity contribution >= 4 is 21.4 Å². The third kappa shape index (κ3) is 5.38. The molecule has 1 aliphatic heterocycles. The van der Waals surface area contributed by atoms with E-state index >= 15 is 0 Å². The minimum absolute atomic E-state index is 0.0314. The first-order valence-corrected chi connectivity index (χ1v) is 11.4. The van der Waals surface area contributed by atoms with Gasteiger partial charge in [-0.05, 0) is 60.8 Å². The minimum atomic E-state index is -3.35. The first kappa shape index (κ1) is 18.6. The molecule has 136 valence electrons. The lowest BCUT2D eigenvalue weighted by Gasteiger charge is -2.34. The van der Waals surface area contributed by atoms with Crippen LogP contribution in [-0.4, -0.2) is 33.0 Å². The number of thiophene rings is 1. The molecule has 1 aliphatic rings. The van der Waals surface area contributed by atoms with Crippen LogP contribution < -0.4 is 4.72 Å². The molecule has 1 N–H and O–H groups in total. The molecular weight excluding hydrogens is 352 g/mol. The summed E-state index contributed by atoms with van der Waals surface area (Å²) in [5.74, 6) is 0.0314. The molecule has 1 saturated heterocycles. The Bertz CT molecular complexity index is 749. The Morgan fingerprint density at radius 1 is 1.12 bits per heavy atom. The Kier molecular flexibility index (Phi) is 6.28. The van der Waals surface area contributed by atoms with E-state index in [0.29, 0.717) is 6.54 Å². The van der Waals surface area contributed by atoms with Crippen LogP contribution in [0.3, 0.4) is 0 Å². The zero-order chi connectivity index (χ0) is 17.7. The number of rotatable bonds is 7. The van der Waals surface area contributed by atoms with E-state index in [1.54, 1.807) is 11.3 Å². The largest absolute Gasteiger partial charge is 0.295 e. The number of hydrogen-bond donors (Lipinski definition) is 1. The Labute approximate surface area is 154 Å². The van der Waals surface area contributed by atoms with Crippen molar-refractivity contribution in [1.29, 1.82) is 0 Å². The summed E-state index contributed by atoms with van der Waals surface area (Å²) in [6, 6.07) is 9.90. The minimum Gasteiger partial charge on any atom is -0.295 e. The Morgan fingerprint density at radius 3 is 2.48 bits per heavy atom. The monoisotopic (exact) mass is 378 g/mol. The molecule has 6 heteroatoms. The summed E-state index contributed by atoms with van der Waals surface area (Å²) in [7, 11) is -3.35. The summed E-state index contributed by atoms with van der Waals surface area (Å²) in [6.07, 6.45) is 3.65. The third-order valence-corrected chi connectivity index (χ3v) is 6.75. The van der Waals surface area contributed by atoms with Gasteiger partial charge in [-0.15, -0.1) is 0 Å². The van der Waals surface area contributed by atoms with Gasteiger partial charge in [-0.3, -0.25) is 4.90 Å². The molecule has 0 spiro atoms. The molecule has 0 radical (unpaired) electrons. The molecule has 0 aliphatic carbocycles. The Morgan fingerprint density at radius 2 is 1.84 bits per heavy atom. The van der Waals surface area contributed by atoms with Gasteiger partial charge in [0.05, 0.1) is 5.75 Å². The van der Waals surface area contributed by atoms with E-state index in [1.165, 1.54) is 24.8 Å². The zero-order valence-electron chi connectivity index (χ0n) is 14.6. The third-order valence-electron chi connectivity index (χ3n) is 4.73. The normalized spacial score (nSPS) is 17.5. The van der Waals surface area contributed by atoms with E-state index in [1.807, 2.05) is 31.2 Å². The van der Waals surface area contributed by atoms with Crippen LogP contribution >= 0.6 is 11.3 Å². The lowest BCUT2D eigenvalue weighted by Crippen LogP contribution is -2.40. The van der Waals surface area contributed by atoms with Crippen LogP contribution in [0.4, 0.5) is 0 Å². The van der Waals surface area contributed by atoms with Gasteiger partial charge in [-0.2, -0.15) is 11.3 Å². The highest BCUT2D eigenvalue weighted by Crippen LogP contribution is 2.26. The van der Waals surface area contributed by atoms with E-state index in [2.05, 4.69) is 26.4 Å². The lowest BCUT2D eigenvalue weighted by atomic mass is 10.0. The standard InChI is InChI=1S/C19H26N2O2S2/c1-16-5-7-17(8-6-16)15-25(22,23)20-13-19(18-9-12-24-14-18)21-10-3-2-4-11-21/h5-9,12,14,19-20H,2-4,10-11,13,15H2,1H3. The van der Waals surface area contributed by atoms with Gasteiger partial charge in [0, 0.05) is 12.6 Å². The Hall–Kier alpha value is -1.21. The molecule has 1 aromatic heterocycles. The summed E-state index contributed by atoms with van der Waals surface area (Å²) in [4.78, 5) is 2.42. The number of likely N-dealkylation sites (tertiary alicyclic amines) is 1. The van der Waals surface area contributed by atoms with Crippen molar-refractivity contribution in [2.24, 2.45) is 0 Å². The zero-order valence-corrected chi connectivity index (χ0v) is 16.3. The molecule has 0 bridgehead atoms. The van der Waals surface area contributed by atoms with Crippen molar-refractivity contribution in [2.75, 3.05) is 19.6 Å². The molecule has 1 aromatic carbocycles. The quantitative estimate of drug-likeness (QED) is 0.799. The van der Waals surface area contributed by atoms with E-state index in [9.17, 15) is 8.42 Å². The fourth-order valence-corrected chi connectivity index (χ4v) is 5.17. The van der Waals surface area contributed by atoms with Crippen LogP contribution in [0.15, 0.2) is 41.1 Å². The average molecular weight is 379 g/mol. The highest BCUT2D eigenvalue weighted by Gasteiger charge is 2.24. The molecule has 25 heavy (non-hydrogen) atoms. The van der Waals surface area contributed by atoms with Crippen molar-refractivity contribution in [3.63, 3.8) is 0 Å². The second-order valence-electron chi connectivity index (χ2n) is 6.76. The predicted molar refractivity (Wildman–Crippen MR) is 104 cm³/mol. The highest BCUT2D eigenvalue weighted by atomic mass is 32.2. The van der Waals surface area contributed by atoms with Crippen molar-refractivity contribution in [3.05, 3.63) is 57.8 Å². The number of nitrogens with one attached hydrogen (secondary N) is 1. The first-order chi connectivity index (χ1) is 12.0. The maximum atomic E-state index is 12.5. The van der Waals surface area contributed by atoms with Crippen molar-refractivity contribution in [3.8, 4) is 0 Å². The summed E-state index contributed by atoms with van der Waals surface area (Å²) in [5, 5.41) is 4.20. The summed E-state index contributed by atoms with van der Waals surface area (Å²) < 4.78 is 27.9. The number of piperidine rings is 1. The Balaban J connectivity index is 1.66. The van der Waals surface area contributed by atoms with Gasteiger partial charge in [0.1, 0.15) is 0 Å². The number of hydrogen-bond acceptors (Lipinski definition) is 4. The molecular formula is C19H26N2O2S2. The van der Waals surface area contributed by atoms with Crippen LogP contribution in [0.2, 0.25) is 0 Å². The van der Waals surface area contributed by atoms with Gasteiger partial charge in [0.15, 0.2) is 0 Å². The molecule has 2 aromatic rings. The van der Waals surface area contributed by atoms with Gasteiger partial charge in [-0.1, -0.05) is 36.2 Å². The fourth-order valence-electron chi connectivity index (χ4n) is 3.31. The smallest absolute Gasteiger partial charge is 0.215 e. The molecule has 3 rings (SSSR count). The number of benzene rings is 1. The second-order valence-corrected chi connectivity index (χ2v) is 9.35. The summed E-state index contributed by atoms with van der Waals surface area (Å²) in [6.45, 7) is 4.52. The van der Waals surface area contributed by atoms with E-state index < -0.39 is 10.0 Å². The van der Waals surface area contributed by atoms with Gasteiger partial charge in [0.25, 0.3) is 0 Å². The number of aryl methyl sites for hydroxylation is 1. The average Bonchev–Trinajstić information content (AvgIpc) is 3.12. The van der Waals surface area contributed by atoms with Crippen molar-refractivity contribution < 1.29 is 8.42 Å². The van der Waals surface area contributed by atoms with Crippen molar-refractivity contribution in [2.45, 2.75) is 38.0 Å². The van der Waals surface area contributed by atoms with Crippen LogP contribution in [0.1, 0.15) is 42.0 Å². The van der Waals surface area contributed by atoms with Crippen LogP contribution in [0, 0.1) is 6.92 Å². The van der Waals surface area contributed by atoms with Crippen molar-refractivity contribution in [1.82, 2.24) is 9.62 Å². The van der Waals surface area contributed by atoms with Crippen LogP contribution in [-0.2, 0) is 15.8 Å². The summed E-state index contributed by atoms with van der Waals surface area (Å²) in [5.41, 5.74) is 3.17. The number of sulfonamides is 1. The molecule has 4 nitrogen and oxygen atoms in total. The molecule has 1 fully saturated rings. The van der Waals surface area contributed by atoms with Crippen LogP contribution in [0.25, 0.3) is 0 Å².